The molecule has 5 nitrogen and oxygen atoms in total. The van der Waals surface area contributed by atoms with Crippen LogP contribution in [0.15, 0.2) is 12.2 Å². The van der Waals surface area contributed by atoms with Crippen molar-refractivity contribution in [1.82, 2.24) is 0 Å². The van der Waals surface area contributed by atoms with Crippen LogP contribution >= 0.6 is 0 Å². The van der Waals surface area contributed by atoms with Crippen molar-refractivity contribution in [2.45, 2.75) is 76.3 Å². The van der Waals surface area contributed by atoms with Gasteiger partial charge in [-0.2, -0.15) is 0 Å². The van der Waals surface area contributed by atoms with E-state index in [-0.39, 0.29) is 13.2 Å². The van der Waals surface area contributed by atoms with Gasteiger partial charge in [-0.15, -0.1) is 0 Å². The van der Waals surface area contributed by atoms with Crippen molar-refractivity contribution in [2.75, 3.05) is 19.8 Å². The molecule has 3 N–H and O–H groups in total. The smallest absolute Gasteiger partial charge is 0.114 e. The summed E-state index contributed by atoms with van der Waals surface area (Å²) in [5.41, 5.74) is 0. The van der Waals surface area contributed by atoms with Gasteiger partial charge in [0.1, 0.15) is 24.4 Å². The van der Waals surface area contributed by atoms with E-state index in [9.17, 15) is 10.2 Å². The summed E-state index contributed by atoms with van der Waals surface area (Å²) in [4.78, 5) is 0. The molecular formula is C17H32O5. The van der Waals surface area contributed by atoms with Crippen LogP contribution in [0, 0.1) is 0 Å². The zero-order chi connectivity index (χ0) is 16.2. The summed E-state index contributed by atoms with van der Waals surface area (Å²) >= 11 is 0. The fourth-order valence-electron chi connectivity index (χ4n) is 2.66. The van der Waals surface area contributed by atoms with Gasteiger partial charge in [-0.1, -0.05) is 38.3 Å². The molecule has 0 saturated carbocycles. The van der Waals surface area contributed by atoms with Crippen LogP contribution < -0.4 is 0 Å². The highest BCUT2D eigenvalue weighted by Gasteiger charge is 2.40. The van der Waals surface area contributed by atoms with E-state index in [0.29, 0.717) is 6.61 Å². The largest absolute Gasteiger partial charge is 0.394 e. The monoisotopic (exact) mass is 316 g/mol. The molecule has 1 heterocycles. The highest BCUT2D eigenvalue weighted by Crippen LogP contribution is 2.21. The Labute approximate surface area is 133 Å². The second-order valence-electron chi connectivity index (χ2n) is 5.89. The number of unbranched alkanes of at least 4 members (excludes halogenated alkanes) is 5. The summed E-state index contributed by atoms with van der Waals surface area (Å²) in [6.45, 7) is 2.46. The molecule has 0 unspecified atom stereocenters. The maximum Gasteiger partial charge on any atom is 0.114 e. The van der Waals surface area contributed by atoms with Crippen LogP contribution in [0.3, 0.4) is 0 Å². The Kier molecular flexibility index (Phi) is 10.7. The third kappa shape index (κ3) is 7.20. The topological polar surface area (TPSA) is 79.2 Å². The number of ether oxygens (including phenoxy) is 2. The van der Waals surface area contributed by atoms with Gasteiger partial charge in [0.2, 0.25) is 0 Å². The number of hydrogen-bond donors (Lipinski definition) is 3. The van der Waals surface area contributed by atoms with Gasteiger partial charge in [0.15, 0.2) is 0 Å². The zero-order valence-corrected chi connectivity index (χ0v) is 13.7. The summed E-state index contributed by atoms with van der Waals surface area (Å²) in [5, 5.41) is 28.4. The van der Waals surface area contributed by atoms with Crippen molar-refractivity contribution in [2.24, 2.45) is 0 Å². The number of hydrogen-bond acceptors (Lipinski definition) is 5. The number of aliphatic hydroxyl groups is 3. The Morgan fingerprint density at radius 1 is 1.18 bits per heavy atom. The van der Waals surface area contributed by atoms with Crippen molar-refractivity contribution in [3.05, 3.63) is 12.2 Å². The minimum absolute atomic E-state index is 0.150. The fourth-order valence-corrected chi connectivity index (χ4v) is 2.66. The maximum atomic E-state index is 9.80. The van der Waals surface area contributed by atoms with Crippen molar-refractivity contribution in [3.63, 3.8) is 0 Å². The lowest BCUT2D eigenvalue weighted by molar-refractivity contribution is -0.0938. The molecule has 1 rings (SSSR count). The molecule has 5 heteroatoms. The predicted octanol–water partition coefficient (Wildman–Crippen LogP) is 1.79. The van der Waals surface area contributed by atoms with Crippen molar-refractivity contribution in [3.8, 4) is 0 Å². The van der Waals surface area contributed by atoms with Gasteiger partial charge in [0, 0.05) is 6.61 Å². The maximum absolute atomic E-state index is 9.80. The van der Waals surface area contributed by atoms with Crippen LogP contribution in [0.25, 0.3) is 0 Å². The molecule has 130 valence electrons. The first-order valence-corrected chi connectivity index (χ1v) is 8.55. The first-order chi connectivity index (χ1) is 10.7. The third-order valence-corrected chi connectivity index (χ3v) is 3.96. The normalized spacial score (nSPS) is 26.8. The number of allylic oxidation sites excluding steroid dienone is 2. The average molecular weight is 316 g/mol. The van der Waals surface area contributed by atoms with Crippen molar-refractivity contribution >= 4 is 0 Å². The van der Waals surface area contributed by atoms with E-state index < -0.39 is 24.4 Å². The van der Waals surface area contributed by atoms with Crippen LogP contribution in [-0.4, -0.2) is 59.6 Å². The molecule has 1 fully saturated rings. The second kappa shape index (κ2) is 12.0. The van der Waals surface area contributed by atoms with Crippen LogP contribution in [0.1, 0.15) is 51.9 Å². The predicted molar refractivity (Wildman–Crippen MR) is 85.7 cm³/mol. The molecule has 0 aromatic carbocycles. The molecule has 1 aliphatic rings. The lowest BCUT2D eigenvalue weighted by atomic mass is 10.1. The van der Waals surface area contributed by atoms with E-state index in [1.165, 1.54) is 19.3 Å². The van der Waals surface area contributed by atoms with Crippen LogP contribution in [0.4, 0.5) is 0 Å². The molecule has 1 saturated heterocycles. The Morgan fingerprint density at radius 2 is 1.91 bits per heavy atom. The van der Waals surface area contributed by atoms with Gasteiger partial charge >= 0.3 is 0 Å². The first-order valence-electron chi connectivity index (χ1n) is 8.55. The van der Waals surface area contributed by atoms with Crippen LogP contribution in [-0.2, 0) is 9.47 Å². The van der Waals surface area contributed by atoms with Gasteiger partial charge in [-0.25, -0.2) is 0 Å². The van der Waals surface area contributed by atoms with Gasteiger partial charge < -0.3 is 24.8 Å². The van der Waals surface area contributed by atoms with E-state index in [1.54, 1.807) is 0 Å². The van der Waals surface area contributed by atoms with Crippen LogP contribution in [0.2, 0.25) is 0 Å². The SMILES string of the molecule is CC/C=C/CCCCCCCO[C@@H]1[C@H]([C@@H](O)CO)OC[C@H]1O. The lowest BCUT2D eigenvalue weighted by Gasteiger charge is -2.23. The standard InChI is InChI=1S/C17H32O5/c1-2-3-4-5-6-7-8-9-10-11-21-17-15(20)13-22-16(17)14(19)12-18/h3-4,14-20H,2,5-13H2,1H3/b4-3+/t14-,15+,16-,17-/m0/s1. The summed E-state index contributed by atoms with van der Waals surface area (Å²) < 4.78 is 10.9. The molecular weight excluding hydrogens is 284 g/mol. The van der Waals surface area contributed by atoms with Gasteiger partial charge in [0.05, 0.1) is 13.2 Å². The molecule has 4 atom stereocenters. The molecule has 0 aromatic heterocycles. The third-order valence-electron chi connectivity index (χ3n) is 3.96. The molecule has 0 bridgehead atoms. The molecule has 0 amide bonds. The molecule has 0 aliphatic carbocycles. The van der Waals surface area contributed by atoms with Gasteiger partial charge in [-0.05, 0) is 25.7 Å². The molecule has 22 heavy (non-hydrogen) atoms. The zero-order valence-electron chi connectivity index (χ0n) is 13.7. The summed E-state index contributed by atoms with van der Waals surface area (Å²) in [7, 11) is 0. The van der Waals surface area contributed by atoms with E-state index in [0.717, 1.165) is 25.7 Å². The Hall–Kier alpha value is -0.460. The Bertz CT molecular complexity index is 295. The molecule has 1 aliphatic heterocycles. The van der Waals surface area contributed by atoms with Gasteiger partial charge in [-0.3, -0.25) is 0 Å². The lowest BCUT2D eigenvalue weighted by Crippen LogP contribution is -2.42. The van der Waals surface area contributed by atoms with E-state index in [4.69, 9.17) is 14.6 Å². The fraction of sp³-hybridized carbons (Fsp3) is 0.882. The number of aliphatic hydroxyl groups excluding tert-OH is 3. The highest BCUT2D eigenvalue weighted by molar-refractivity contribution is 4.89. The Morgan fingerprint density at radius 3 is 2.64 bits per heavy atom. The quantitative estimate of drug-likeness (QED) is 0.378. The van der Waals surface area contributed by atoms with E-state index in [1.807, 2.05) is 0 Å². The molecule has 0 aromatic rings. The first kappa shape index (κ1) is 19.6. The highest BCUT2D eigenvalue weighted by atomic mass is 16.6. The van der Waals surface area contributed by atoms with Gasteiger partial charge in [0.25, 0.3) is 0 Å². The molecule has 0 radical (unpaired) electrons. The number of rotatable bonds is 12. The summed E-state index contributed by atoms with van der Waals surface area (Å²) in [6.07, 6.45) is 9.53. The summed E-state index contributed by atoms with van der Waals surface area (Å²) in [5.74, 6) is 0. The Balaban J connectivity index is 2.04. The minimum Gasteiger partial charge on any atom is -0.394 e. The second-order valence-corrected chi connectivity index (χ2v) is 5.89. The van der Waals surface area contributed by atoms with E-state index >= 15 is 0 Å². The van der Waals surface area contributed by atoms with Crippen molar-refractivity contribution < 1.29 is 24.8 Å². The van der Waals surface area contributed by atoms with Crippen LogP contribution in [0.5, 0.6) is 0 Å². The van der Waals surface area contributed by atoms with Crippen molar-refractivity contribution in [1.29, 1.82) is 0 Å². The summed E-state index contributed by atoms with van der Waals surface area (Å²) in [6, 6.07) is 0. The average Bonchev–Trinajstić information content (AvgIpc) is 2.89. The van der Waals surface area contributed by atoms with E-state index in [2.05, 4.69) is 19.1 Å². The molecule has 0 spiro atoms. The minimum atomic E-state index is -1.00.